The van der Waals surface area contributed by atoms with Gasteiger partial charge in [0.1, 0.15) is 5.58 Å². The molecular formula is C48H43IrN3OSi-2. The van der Waals surface area contributed by atoms with Crippen LogP contribution in [0.5, 0.6) is 0 Å². The zero-order chi connectivity index (χ0) is 38.5. The normalized spacial score (nSPS) is 12.6. The van der Waals surface area contributed by atoms with Crippen LogP contribution in [0.15, 0.2) is 144 Å². The summed E-state index contributed by atoms with van der Waals surface area (Å²) in [5.41, 5.74) is 7.62. The maximum atomic E-state index is 8.75. The fraction of sp³-hybridized carbons (Fsp3) is 0.167. The molecule has 0 fully saturated rings. The van der Waals surface area contributed by atoms with Crippen molar-refractivity contribution in [3.05, 3.63) is 157 Å². The molecule has 0 atom stereocenters. The minimum absolute atomic E-state index is 0. The molecule has 0 spiro atoms. The van der Waals surface area contributed by atoms with E-state index in [0.29, 0.717) is 0 Å². The van der Waals surface area contributed by atoms with Gasteiger partial charge in [-0.3, -0.25) is 4.98 Å². The summed E-state index contributed by atoms with van der Waals surface area (Å²) in [6.45, 7) is 12.6. The molecule has 3 aromatic heterocycles. The zero-order valence-electron chi connectivity index (χ0n) is 33.4. The van der Waals surface area contributed by atoms with Crippen LogP contribution >= 0.6 is 0 Å². The van der Waals surface area contributed by atoms with Crippen molar-refractivity contribution in [3.63, 3.8) is 0 Å². The van der Waals surface area contributed by atoms with Crippen molar-refractivity contribution in [3.8, 4) is 28.3 Å². The Hall–Kier alpha value is -5.13. The molecule has 54 heavy (non-hydrogen) atoms. The number of para-hydroxylation sites is 3. The van der Waals surface area contributed by atoms with E-state index in [1.807, 2.05) is 87.6 Å². The van der Waals surface area contributed by atoms with Crippen molar-refractivity contribution in [1.29, 1.82) is 0 Å². The number of hydrogen-bond acceptors (Lipinski definition) is 3. The number of rotatable bonds is 5. The van der Waals surface area contributed by atoms with Gasteiger partial charge in [-0.25, -0.2) is 0 Å². The first-order valence-electron chi connectivity index (χ1n) is 19.1. The van der Waals surface area contributed by atoms with E-state index in [0.717, 1.165) is 72.1 Å². The molecule has 0 aliphatic heterocycles. The third kappa shape index (κ3) is 7.34. The summed E-state index contributed by atoms with van der Waals surface area (Å²) in [7, 11) is -1.70. The number of furan rings is 1. The van der Waals surface area contributed by atoms with Crippen molar-refractivity contribution in [2.45, 2.75) is 46.8 Å². The first-order valence-corrected chi connectivity index (χ1v) is 21.6. The van der Waals surface area contributed by atoms with Crippen molar-refractivity contribution >= 4 is 57.0 Å². The molecule has 0 aliphatic rings. The largest absolute Gasteiger partial charge is 0.501 e. The van der Waals surface area contributed by atoms with Crippen LogP contribution in [-0.2, 0) is 26.5 Å². The Morgan fingerprint density at radius 1 is 0.759 bits per heavy atom. The van der Waals surface area contributed by atoms with Gasteiger partial charge in [0, 0.05) is 45.5 Å². The Balaban J connectivity index is 0.000000179. The molecule has 0 saturated heterocycles. The van der Waals surface area contributed by atoms with E-state index in [2.05, 4.69) is 114 Å². The van der Waals surface area contributed by atoms with Gasteiger partial charge in [0.25, 0.3) is 0 Å². The maximum absolute atomic E-state index is 8.75. The van der Waals surface area contributed by atoms with Gasteiger partial charge in [0.15, 0.2) is 0 Å². The number of pyridine rings is 1. The average Bonchev–Trinajstić information content (AvgIpc) is 3.76. The van der Waals surface area contributed by atoms with Gasteiger partial charge in [0.2, 0.25) is 0 Å². The molecular weight excluding hydrogens is 855 g/mol. The minimum Gasteiger partial charge on any atom is -0.501 e. The first-order chi connectivity index (χ1) is 26.3. The number of imidazole rings is 1. The minimum atomic E-state index is -1.70. The van der Waals surface area contributed by atoms with Gasteiger partial charge in [-0.1, -0.05) is 130 Å². The Labute approximate surface area is 335 Å². The summed E-state index contributed by atoms with van der Waals surface area (Å²) in [6, 6.07) is 51.5. The second-order valence-electron chi connectivity index (χ2n) is 15.5. The predicted octanol–water partition coefficient (Wildman–Crippen LogP) is 12.2. The Morgan fingerprint density at radius 2 is 1.48 bits per heavy atom. The predicted molar refractivity (Wildman–Crippen MR) is 225 cm³/mol. The van der Waals surface area contributed by atoms with Crippen LogP contribution in [0.1, 0.15) is 29.1 Å². The molecule has 0 bridgehead atoms. The number of nitrogens with zero attached hydrogens (tertiary/aromatic N) is 3. The molecule has 0 aliphatic carbocycles. The topological polar surface area (TPSA) is 43.9 Å². The summed E-state index contributed by atoms with van der Waals surface area (Å²) < 4.78 is 26.1. The smallest absolute Gasteiger partial charge is 0.120 e. The van der Waals surface area contributed by atoms with Gasteiger partial charge in [-0.05, 0) is 52.3 Å². The van der Waals surface area contributed by atoms with Gasteiger partial charge >= 0.3 is 0 Å². The number of hydrogen-bond donors (Lipinski definition) is 0. The van der Waals surface area contributed by atoms with Gasteiger partial charge in [-0.15, -0.1) is 54.1 Å². The second-order valence-corrected chi connectivity index (χ2v) is 20.5. The van der Waals surface area contributed by atoms with Crippen LogP contribution in [0.2, 0.25) is 19.6 Å². The fourth-order valence-corrected chi connectivity index (χ4v) is 8.35. The molecule has 4 nitrogen and oxygen atoms in total. The van der Waals surface area contributed by atoms with E-state index in [-0.39, 0.29) is 20.1 Å². The van der Waals surface area contributed by atoms with E-state index in [1.165, 1.54) is 10.8 Å². The summed E-state index contributed by atoms with van der Waals surface area (Å²) in [4.78, 5) is 9.67. The van der Waals surface area contributed by atoms with Crippen molar-refractivity contribution < 1.29 is 27.3 Å². The van der Waals surface area contributed by atoms with E-state index < -0.39 is 19.9 Å². The van der Waals surface area contributed by atoms with Crippen molar-refractivity contribution in [1.82, 2.24) is 14.5 Å². The molecule has 6 heteroatoms. The quantitative estimate of drug-likeness (QED) is 0.128. The monoisotopic (exact) mass is 900 g/mol. The maximum Gasteiger partial charge on any atom is 0.120 e. The van der Waals surface area contributed by atoms with Crippen LogP contribution in [-0.4, -0.2) is 22.6 Å². The van der Waals surface area contributed by atoms with E-state index >= 15 is 0 Å². The molecule has 1 radical (unpaired) electrons. The van der Waals surface area contributed by atoms with E-state index in [9.17, 15) is 0 Å². The molecule has 0 unspecified atom stereocenters. The molecule has 9 aromatic rings. The Bertz CT molecular complexity index is 2830. The Kier molecular flexibility index (Phi) is 9.58. The van der Waals surface area contributed by atoms with Crippen LogP contribution < -0.4 is 5.19 Å². The molecule has 0 N–H and O–H groups in total. The third-order valence-corrected chi connectivity index (χ3v) is 11.4. The molecule has 271 valence electrons. The second kappa shape index (κ2) is 14.9. The Morgan fingerprint density at radius 3 is 2.26 bits per heavy atom. The molecule has 0 amide bonds. The van der Waals surface area contributed by atoms with E-state index in [1.54, 1.807) is 0 Å². The van der Waals surface area contributed by atoms with Crippen LogP contribution in [0.3, 0.4) is 0 Å². The molecule has 6 aromatic carbocycles. The summed E-state index contributed by atoms with van der Waals surface area (Å²) in [5, 5.41) is 5.64. The number of benzene rings is 6. The fourth-order valence-electron chi connectivity index (χ4n) is 6.96. The van der Waals surface area contributed by atoms with Crippen LogP contribution in [0, 0.1) is 17.5 Å². The van der Waals surface area contributed by atoms with Crippen molar-refractivity contribution in [2.24, 2.45) is 5.41 Å². The summed E-state index contributed by atoms with van der Waals surface area (Å²) in [5.74, 6) is 0.826. The van der Waals surface area contributed by atoms with Gasteiger partial charge in [0.05, 0.1) is 30.5 Å². The average molecular weight is 900 g/mol. The van der Waals surface area contributed by atoms with Crippen molar-refractivity contribution in [2.75, 3.05) is 0 Å². The molecule has 9 rings (SSSR count). The van der Waals surface area contributed by atoms with Gasteiger partial charge in [-0.2, -0.15) is 0 Å². The molecule has 0 saturated carbocycles. The first kappa shape index (κ1) is 34.6. The summed E-state index contributed by atoms with van der Waals surface area (Å²) in [6.07, 6.45) is 0.469. The van der Waals surface area contributed by atoms with E-state index in [4.69, 9.17) is 12.1 Å². The van der Waals surface area contributed by atoms with Crippen LogP contribution in [0.4, 0.5) is 0 Å². The SMILES string of the molecule is [2H]C([2H])(c1cc(-c2[c-]cccc2)ncc1[Si](C)(C)C)C(C)(C)C.[Ir].[c-]1ccc2c(oc3ccccc32)c1-c1nc2ccccc2n1-c1cccc2ccccc12. The standard InChI is InChI=1S/C29H17N2O.C19H26NSi.Ir/c1-2-11-20-19(9-1)10-7-17-25(20)31-26-16-5-4-15-24(26)30-29(31)23-14-8-13-22-21-12-3-6-18-27(21)32-28(22)23;1-19(2,3)13-16-12-17(15-10-8-7-9-11-15)20-14-18(16)21(4,5)6;/h1-13,15-18H;7-10,12,14H,13H2,1-6H3;/q2*-1;/i;13D2;. The number of fused-ring (bicyclic) bond motifs is 5. The molecule has 3 heterocycles. The summed E-state index contributed by atoms with van der Waals surface area (Å²) >= 11 is 0. The third-order valence-electron chi connectivity index (χ3n) is 9.34. The van der Waals surface area contributed by atoms with Crippen LogP contribution in [0.25, 0.3) is 72.1 Å². The zero-order valence-corrected chi connectivity index (χ0v) is 34.8. The van der Waals surface area contributed by atoms with Gasteiger partial charge < -0.3 is 14.0 Å². The number of aromatic nitrogens is 3.